The molecular weight excluding hydrogens is 251 g/mol. The Hall–Kier alpha value is -1.46. The van der Waals surface area contributed by atoms with Gasteiger partial charge in [0, 0.05) is 23.4 Å². The van der Waals surface area contributed by atoms with Gasteiger partial charge in [0.05, 0.1) is 11.2 Å². The predicted octanol–water partition coefficient (Wildman–Crippen LogP) is 3.07. The van der Waals surface area contributed by atoms with Crippen LogP contribution in [-0.4, -0.2) is 12.0 Å². The summed E-state index contributed by atoms with van der Waals surface area (Å²) in [4.78, 5) is 4.29. The first-order chi connectivity index (χ1) is 8.78. The van der Waals surface area contributed by atoms with E-state index in [0.717, 1.165) is 23.4 Å². The lowest BCUT2D eigenvalue weighted by Crippen LogP contribution is -2.27. The third kappa shape index (κ3) is 2.00. The number of fused-ring (bicyclic) bond motifs is 1. The monoisotopic (exact) mass is 264 g/mol. The Morgan fingerprint density at radius 1 is 1.50 bits per heavy atom. The summed E-state index contributed by atoms with van der Waals surface area (Å²) in [6, 6.07) is 4.74. The maximum absolute atomic E-state index is 13.3. The zero-order chi connectivity index (χ0) is 12.5. The molecule has 2 atom stereocenters. The molecule has 1 aromatic heterocycles. The Morgan fingerprint density at radius 2 is 2.39 bits per heavy atom. The van der Waals surface area contributed by atoms with Crippen molar-refractivity contribution in [2.24, 2.45) is 0 Å². The number of rotatable bonds is 2. The molecule has 2 heterocycles. The van der Waals surface area contributed by atoms with Crippen LogP contribution < -0.4 is 10.1 Å². The molecule has 94 valence electrons. The van der Waals surface area contributed by atoms with E-state index in [4.69, 9.17) is 4.74 Å². The highest BCUT2D eigenvalue weighted by molar-refractivity contribution is 7.07. The molecule has 1 aliphatic rings. The van der Waals surface area contributed by atoms with Crippen LogP contribution in [-0.2, 0) is 0 Å². The molecule has 0 bridgehead atoms. The van der Waals surface area contributed by atoms with Gasteiger partial charge in [-0.05, 0) is 25.2 Å². The summed E-state index contributed by atoms with van der Waals surface area (Å²) in [6.45, 7) is 0. The Labute approximate surface area is 109 Å². The van der Waals surface area contributed by atoms with Gasteiger partial charge in [0.25, 0.3) is 0 Å². The lowest BCUT2D eigenvalue weighted by Gasteiger charge is -2.31. The quantitative estimate of drug-likeness (QED) is 0.905. The molecule has 0 radical (unpaired) electrons. The summed E-state index contributed by atoms with van der Waals surface area (Å²) in [7, 11) is 1.88. The molecule has 2 aromatic rings. The zero-order valence-corrected chi connectivity index (χ0v) is 10.7. The van der Waals surface area contributed by atoms with Crippen LogP contribution >= 0.6 is 11.3 Å². The molecule has 1 N–H and O–H groups in total. The molecule has 0 spiro atoms. The van der Waals surface area contributed by atoms with Crippen molar-refractivity contribution < 1.29 is 9.13 Å². The van der Waals surface area contributed by atoms with E-state index in [1.165, 1.54) is 12.1 Å². The van der Waals surface area contributed by atoms with Crippen molar-refractivity contribution in [1.29, 1.82) is 0 Å². The molecule has 3 rings (SSSR count). The van der Waals surface area contributed by atoms with Crippen molar-refractivity contribution in [1.82, 2.24) is 10.3 Å². The second-order valence-electron chi connectivity index (χ2n) is 4.28. The largest absolute Gasteiger partial charge is 0.484 e. The number of nitrogens with zero attached hydrogens (tertiary/aromatic N) is 1. The Bertz CT molecular complexity index is 544. The van der Waals surface area contributed by atoms with E-state index in [-0.39, 0.29) is 18.0 Å². The van der Waals surface area contributed by atoms with Crippen LogP contribution in [0.4, 0.5) is 4.39 Å². The van der Waals surface area contributed by atoms with Crippen LogP contribution in [0, 0.1) is 5.82 Å². The van der Waals surface area contributed by atoms with Gasteiger partial charge in [-0.25, -0.2) is 9.37 Å². The van der Waals surface area contributed by atoms with Crippen molar-refractivity contribution in [2.45, 2.75) is 18.6 Å². The molecule has 1 aromatic carbocycles. The number of nitrogens with one attached hydrogen (secondary N) is 1. The summed E-state index contributed by atoms with van der Waals surface area (Å²) in [5, 5.41) is 5.20. The second kappa shape index (κ2) is 4.66. The number of hydrogen-bond donors (Lipinski definition) is 1. The standard InChI is InChI=1S/C13H13FN2OS/c1-15-10-5-13(11-6-18-7-16-11)17-12-3-2-8(14)4-9(10)12/h2-4,6-7,10,13,15H,5H2,1H3. The molecule has 0 saturated heterocycles. The van der Waals surface area contributed by atoms with E-state index in [1.807, 2.05) is 12.4 Å². The van der Waals surface area contributed by atoms with Gasteiger partial charge < -0.3 is 10.1 Å². The first kappa shape index (κ1) is 11.6. The Morgan fingerprint density at radius 3 is 3.11 bits per heavy atom. The van der Waals surface area contributed by atoms with Gasteiger partial charge in [-0.15, -0.1) is 11.3 Å². The topological polar surface area (TPSA) is 34.2 Å². The maximum Gasteiger partial charge on any atom is 0.143 e. The first-order valence-electron chi connectivity index (χ1n) is 5.79. The van der Waals surface area contributed by atoms with Gasteiger partial charge in [-0.2, -0.15) is 0 Å². The fraction of sp³-hybridized carbons (Fsp3) is 0.308. The molecule has 0 amide bonds. The molecular formula is C13H13FN2OS. The summed E-state index contributed by atoms with van der Waals surface area (Å²) in [5.41, 5.74) is 3.62. The normalized spacial score (nSPS) is 22.3. The van der Waals surface area contributed by atoms with Gasteiger partial charge in [-0.3, -0.25) is 0 Å². The smallest absolute Gasteiger partial charge is 0.143 e. The summed E-state index contributed by atoms with van der Waals surface area (Å²) in [6.07, 6.45) is 0.697. The number of ether oxygens (including phenoxy) is 1. The van der Waals surface area contributed by atoms with E-state index >= 15 is 0 Å². The van der Waals surface area contributed by atoms with Crippen LogP contribution in [0.1, 0.15) is 29.8 Å². The van der Waals surface area contributed by atoms with E-state index in [2.05, 4.69) is 10.3 Å². The molecule has 18 heavy (non-hydrogen) atoms. The van der Waals surface area contributed by atoms with Gasteiger partial charge in [0.1, 0.15) is 17.7 Å². The zero-order valence-electron chi connectivity index (χ0n) is 9.89. The van der Waals surface area contributed by atoms with Crippen LogP contribution in [0.5, 0.6) is 5.75 Å². The number of hydrogen-bond acceptors (Lipinski definition) is 4. The highest BCUT2D eigenvalue weighted by atomic mass is 32.1. The minimum atomic E-state index is -0.232. The number of thiazole rings is 1. The van der Waals surface area contributed by atoms with E-state index in [9.17, 15) is 4.39 Å². The number of halogens is 1. The van der Waals surface area contributed by atoms with Gasteiger partial charge in [0.2, 0.25) is 0 Å². The molecule has 0 fully saturated rings. The third-order valence-corrected chi connectivity index (χ3v) is 3.80. The summed E-state index contributed by atoms with van der Waals surface area (Å²) < 4.78 is 19.2. The van der Waals surface area contributed by atoms with Crippen LogP contribution in [0.15, 0.2) is 29.1 Å². The number of aromatic nitrogens is 1. The fourth-order valence-corrected chi connectivity index (χ4v) is 2.87. The second-order valence-corrected chi connectivity index (χ2v) is 5.00. The molecule has 2 unspecified atom stereocenters. The highest BCUT2D eigenvalue weighted by Crippen LogP contribution is 2.40. The average Bonchev–Trinajstić information content (AvgIpc) is 2.91. The minimum absolute atomic E-state index is 0.0633. The molecule has 1 aliphatic heterocycles. The summed E-state index contributed by atoms with van der Waals surface area (Å²) >= 11 is 1.55. The molecule has 0 saturated carbocycles. The van der Waals surface area contributed by atoms with Crippen LogP contribution in [0.3, 0.4) is 0 Å². The maximum atomic E-state index is 13.3. The Balaban J connectivity index is 1.97. The van der Waals surface area contributed by atoms with Gasteiger partial charge in [0.15, 0.2) is 0 Å². The number of benzene rings is 1. The SMILES string of the molecule is CNC1CC(c2cscn2)Oc2ccc(F)cc21. The highest BCUT2D eigenvalue weighted by Gasteiger charge is 2.29. The molecule has 3 nitrogen and oxygen atoms in total. The van der Waals surface area contributed by atoms with Crippen molar-refractivity contribution in [3.05, 3.63) is 46.2 Å². The third-order valence-electron chi connectivity index (χ3n) is 3.20. The average molecular weight is 264 g/mol. The van der Waals surface area contributed by atoms with Crippen LogP contribution in [0.25, 0.3) is 0 Å². The lowest BCUT2D eigenvalue weighted by molar-refractivity contribution is 0.150. The lowest BCUT2D eigenvalue weighted by atomic mass is 9.95. The summed E-state index contributed by atoms with van der Waals surface area (Å²) in [5.74, 6) is 0.504. The van der Waals surface area contributed by atoms with Crippen LogP contribution in [0.2, 0.25) is 0 Å². The predicted molar refractivity (Wildman–Crippen MR) is 68.3 cm³/mol. The van der Waals surface area contributed by atoms with Crippen molar-refractivity contribution in [3.8, 4) is 5.75 Å². The minimum Gasteiger partial charge on any atom is -0.484 e. The van der Waals surface area contributed by atoms with Crippen molar-refractivity contribution in [2.75, 3.05) is 7.05 Å². The van der Waals surface area contributed by atoms with E-state index < -0.39 is 0 Å². The van der Waals surface area contributed by atoms with Gasteiger partial charge >= 0.3 is 0 Å². The Kier molecular flexibility index (Phi) is 3.01. The van der Waals surface area contributed by atoms with E-state index in [0.29, 0.717) is 0 Å². The molecule has 5 heteroatoms. The first-order valence-corrected chi connectivity index (χ1v) is 6.73. The van der Waals surface area contributed by atoms with E-state index in [1.54, 1.807) is 22.9 Å². The van der Waals surface area contributed by atoms with Crippen molar-refractivity contribution in [3.63, 3.8) is 0 Å². The van der Waals surface area contributed by atoms with Gasteiger partial charge in [-0.1, -0.05) is 0 Å². The fourth-order valence-electron chi connectivity index (χ4n) is 2.28. The molecule has 0 aliphatic carbocycles. The van der Waals surface area contributed by atoms with Crippen molar-refractivity contribution >= 4 is 11.3 Å².